The Bertz CT molecular complexity index is 206. The molecule has 6 heteroatoms. The van der Waals surface area contributed by atoms with Crippen LogP contribution in [0.5, 0.6) is 0 Å². The molecule has 88 valence electrons. The molecule has 0 unspecified atom stereocenters. The molecule has 1 amide bonds. The van der Waals surface area contributed by atoms with Gasteiger partial charge < -0.3 is 22.0 Å². The van der Waals surface area contributed by atoms with Crippen molar-refractivity contribution in [2.24, 2.45) is 16.6 Å². The number of amidine groups is 1. The Morgan fingerprint density at radius 1 is 1.13 bits per heavy atom. The number of nitrogens with two attached hydrogens (primary N) is 2. The number of primary amides is 1. The Hall–Kier alpha value is -1.30. The van der Waals surface area contributed by atoms with Gasteiger partial charge >= 0.3 is 0 Å². The van der Waals surface area contributed by atoms with Crippen LogP contribution >= 0.6 is 0 Å². The predicted molar refractivity (Wildman–Crippen MR) is 58.6 cm³/mol. The molecule has 0 aliphatic heterocycles. The van der Waals surface area contributed by atoms with Crippen LogP contribution < -0.4 is 16.8 Å². The van der Waals surface area contributed by atoms with Crippen molar-refractivity contribution in [3.63, 3.8) is 0 Å². The van der Waals surface area contributed by atoms with E-state index in [0.29, 0.717) is 12.8 Å². The molecular formula is C9H20N4O2. The van der Waals surface area contributed by atoms with E-state index in [0.717, 1.165) is 32.4 Å². The summed E-state index contributed by atoms with van der Waals surface area (Å²) in [6.07, 6.45) is 3.64. The van der Waals surface area contributed by atoms with Gasteiger partial charge in [0.1, 0.15) is 5.84 Å². The number of rotatable bonds is 9. The van der Waals surface area contributed by atoms with Crippen molar-refractivity contribution < 1.29 is 10.0 Å². The first-order valence-electron chi connectivity index (χ1n) is 5.12. The lowest BCUT2D eigenvalue weighted by Gasteiger charge is -2.03. The maximum Gasteiger partial charge on any atom is 0.217 e. The normalized spacial score (nSPS) is 11.6. The van der Waals surface area contributed by atoms with Crippen LogP contribution in [0.2, 0.25) is 0 Å². The van der Waals surface area contributed by atoms with E-state index in [1.165, 1.54) is 0 Å². The van der Waals surface area contributed by atoms with Gasteiger partial charge in [-0.3, -0.25) is 4.79 Å². The van der Waals surface area contributed by atoms with Gasteiger partial charge in [0.15, 0.2) is 0 Å². The molecule has 0 aromatic carbocycles. The number of oxime groups is 1. The minimum absolute atomic E-state index is 0.248. The average molecular weight is 216 g/mol. The predicted octanol–water partition coefficient (Wildman–Crippen LogP) is -0.242. The third kappa shape index (κ3) is 10.6. The van der Waals surface area contributed by atoms with E-state index in [2.05, 4.69) is 10.5 Å². The van der Waals surface area contributed by atoms with Crippen molar-refractivity contribution in [3.05, 3.63) is 0 Å². The second kappa shape index (κ2) is 9.26. The molecule has 0 fully saturated rings. The maximum absolute atomic E-state index is 10.4. The third-order valence-electron chi connectivity index (χ3n) is 1.94. The molecule has 0 bridgehead atoms. The van der Waals surface area contributed by atoms with E-state index < -0.39 is 0 Å². The van der Waals surface area contributed by atoms with E-state index in [1.807, 2.05) is 0 Å². The Morgan fingerprint density at radius 3 is 2.40 bits per heavy atom. The highest BCUT2D eigenvalue weighted by Crippen LogP contribution is 1.93. The Labute approximate surface area is 89.7 Å². The summed E-state index contributed by atoms with van der Waals surface area (Å²) in [6.45, 7) is 1.69. The van der Waals surface area contributed by atoms with E-state index in [4.69, 9.17) is 16.7 Å². The van der Waals surface area contributed by atoms with Crippen LogP contribution in [0.3, 0.4) is 0 Å². The highest BCUT2D eigenvalue weighted by molar-refractivity contribution is 5.79. The van der Waals surface area contributed by atoms with Crippen molar-refractivity contribution in [1.82, 2.24) is 5.32 Å². The molecule has 0 saturated heterocycles. The minimum Gasteiger partial charge on any atom is -0.409 e. The van der Waals surface area contributed by atoms with E-state index >= 15 is 0 Å². The van der Waals surface area contributed by atoms with E-state index in [-0.39, 0.29) is 11.7 Å². The molecule has 0 aliphatic rings. The van der Waals surface area contributed by atoms with Crippen LogP contribution in [-0.4, -0.2) is 30.0 Å². The van der Waals surface area contributed by atoms with Crippen LogP contribution in [0.25, 0.3) is 0 Å². The molecule has 0 aromatic rings. The Morgan fingerprint density at radius 2 is 1.80 bits per heavy atom. The van der Waals surface area contributed by atoms with Crippen LogP contribution in [-0.2, 0) is 4.79 Å². The van der Waals surface area contributed by atoms with Crippen LogP contribution in [0.4, 0.5) is 0 Å². The van der Waals surface area contributed by atoms with Gasteiger partial charge in [-0.2, -0.15) is 0 Å². The molecule has 0 aliphatic carbocycles. The summed E-state index contributed by atoms with van der Waals surface area (Å²) in [7, 11) is 0. The summed E-state index contributed by atoms with van der Waals surface area (Å²) in [6, 6.07) is 0. The van der Waals surface area contributed by atoms with Crippen LogP contribution in [0, 0.1) is 0 Å². The van der Waals surface area contributed by atoms with Gasteiger partial charge in [-0.05, 0) is 32.4 Å². The summed E-state index contributed by atoms with van der Waals surface area (Å²) < 4.78 is 0. The molecule has 0 saturated carbocycles. The number of nitrogens with one attached hydrogen (secondary N) is 1. The van der Waals surface area contributed by atoms with Gasteiger partial charge in [-0.1, -0.05) is 5.16 Å². The standard InChI is InChI=1S/C9H20N4O2/c10-8(13-15)4-3-7-12-6-2-1-5-9(11)14/h12,15H,1-7H2,(H2,10,13)(H2,11,14). The highest BCUT2D eigenvalue weighted by Gasteiger charge is 1.95. The number of hydrogen-bond acceptors (Lipinski definition) is 4. The van der Waals surface area contributed by atoms with Gasteiger partial charge in [0.2, 0.25) is 5.91 Å². The summed E-state index contributed by atoms with van der Waals surface area (Å²) in [5, 5.41) is 14.3. The quantitative estimate of drug-likeness (QED) is 0.140. The van der Waals surface area contributed by atoms with Gasteiger partial charge in [-0.15, -0.1) is 0 Å². The number of carbonyl (C=O) groups is 1. The van der Waals surface area contributed by atoms with Crippen molar-refractivity contribution >= 4 is 11.7 Å². The highest BCUT2D eigenvalue weighted by atomic mass is 16.4. The second-order valence-corrected chi connectivity index (χ2v) is 3.37. The zero-order chi connectivity index (χ0) is 11.5. The SMILES string of the molecule is NC(=O)CCCCNCCCC(N)=NO. The molecule has 0 atom stereocenters. The topological polar surface area (TPSA) is 114 Å². The van der Waals surface area contributed by atoms with Gasteiger partial charge in [-0.25, -0.2) is 0 Å². The van der Waals surface area contributed by atoms with Crippen LogP contribution in [0.1, 0.15) is 32.1 Å². The number of carbonyl (C=O) groups excluding carboxylic acids is 1. The fourth-order valence-corrected chi connectivity index (χ4v) is 1.12. The Balaban J connectivity index is 3.08. The molecule has 6 N–H and O–H groups in total. The first-order valence-corrected chi connectivity index (χ1v) is 5.12. The molecule has 15 heavy (non-hydrogen) atoms. The number of nitrogens with zero attached hydrogens (tertiary/aromatic N) is 1. The fourth-order valence-electron chi connectivity index (χ4n) is 1.12. The van der Waals surface area contributed by atoms with Crippen LogP contribution in [0.15, 0.2) is 5.16 Å². The number of unbranched alkanes of at least 4 members (excludes halogenated alkanes) is 1. The number of hydrogen-bond donors (Lipinski definition) is 4. The smallest absolute Gasteiger partial charge is 0.217 e. The molecule has 0 spiro atoms. The molecule has 0 aromatic heterocycles. The third-order valence-corrected chi connectivity index (χ3v) is 1.94. The zero-order valence-corrected chi connectivity index (χ0v) is 8.91. The molecular weight excluding hydrogens is 196 g/mol. The van der Waals surface area contributed by atoms with Gasteiger partial charge in [0.25, 0.3) is 0 Å². The molecule has 0 heterocycles. The van der Waals surface area contributed by atoms with Crippen molar-refractivity contribution in [2.75, 3.05) is 13.1 Å². The van der Waals surface area contributed by atoms with Crippen molar-refractivity contribution in [3.8, 4) is 0 Å². The second-order valence-electron chi connectivity index (χ2n) is 3.37. The van der Waals surface area contributed by atoms with Gasteiger partial charge in [0.05, 0.1) is 0 Å². The van der Waals surface area contributed by atoms with E-state index in [1.54, 1.807) is 0 Å². The first kappa shape index (κ1) is 13.7. The van der Waals surface area contributed by atoms with Gasteiger partial charge in [0, 0.05) is 12.8 Å². The zero-order valence-electron chi connectivity index (χ0n) is 8.91. The summed E-state index contributed by atoms with van der Waals surface area (Å²) >= 11 is 0. The van der Waals surface area contributed by atoms with Crippen molar-refractivity contribution in [2.45, 2.75) is 32.1 Å². The summed E-state index contributed by atoms with van der Waals surface area (Å²) in [5.41, 5.74) is 10.3. The monoisotopic (exact) mass is 216 g/mol. The number of amides is 1. The maximum atomic E-state index is 10.4. The minimum atomic E-state index is -0.248. The van der Waals surface area contributed by atoms with E-state index in [9.17, 15) is 4.79 Å². The largest absolute Gasteiger partial charge is 0.409 e. The molecule has 0 rings (SSSR count). The first-order chi connectivity index (χ1) is 7.16. The summed E-state index contributed by atoms with van der Waals surface area (Å²) in [4.78, 5) is 10.4. The average Bonchev–Trinajstić information content (AvgIpc) is 2.21. The lowest BCUT2D eigenvalue weighted by molar-refractivity contribution is -0.118. The fraction of sp³-hybridized carbons (Fsp3) is 0.778. The lowest BCUT2D eigenvalue weighted by Crippen LogP contribution is -2.20. The summed E-state index contributed by atoms with van der Waals surface area (Å²) in [5.74, 6) is 0.00691. The lowest BCUT2D eigenvalue weighted by atomic mass is 10.2. The molecule has 0 radical (unpaired) electrons. The van der Waals surface area contributed by atoms with Crippen molar-refractivity contribution in [1.29, 1.82) is 0 Å². The molecule has 6 nitrogen and oxygen atoms in total. The Kier molecular flexibility index (Phi) is 8.46.